The molecule has 52 heavy (non-hydrogen) atoms. The van der Waals surface area contributed by atoms with Crippen LogP contribution in [0.4, 0.5) is 28.2 Å². The lowest BCUT2D eigenvalue weighted by Gasteiger charge is -2.19. The zero-order chi connectivity index (χ0) is 37.9. The molecule has 0 saturated carbocycles. The molecule has 1 N–H and O–H groups in total. The highest BCUT2D eigenvalue weighted by molar-refractivity contribution is 6.29. The Morgan fingerprint density at radius 3 is 1.87 bits per heavy atom. The van der Waals surface area contributed by atoms with Crippen molar-refractivity contribution >= 4 is 57.2 Å². The summed E-state index contributed by atoms with van der Waals surface area (Å²) in [7, 11) is 0. The van der Waals surface area contributed by atoms with E-state index in [4.69, 9.17) is 27.6 Å². The first-order valence-corrected chi connectivity index (χ1v) is 15.2. The first kappa shape index (κ1) is 36.7. The van der Waals surface area contributed by atoms with Gasteiger partial charge in [-0.05, 0) is 75.4 Å². The van der Waals surface area contributed by atoms with E-state index in [-0.39, 0.29) is 33.1 Å². The van der Waals surface area contributed by atoms with E-state index in [0.717, 1.165) is 24.3 Å². The second-order valence-corrected chi connectivity index (χ2v) is 12.0. The monoisotopic (exact) mass is 731 g/mol. The number of benzene rings is 4. The summed E-state index contributed by atoms with van der Waals surface area (Å²) in [4.78, 5) is 56.0. The van der Waals surface area contributed by atoms with E-state index in [1.807, 2.05) is 0 Å². The molecule has 0 unspecified atom stereocenters. The van der Waals surface area contributed by atoms with Gasteiger partial charge < -0.3 is 19.4 Å². The van der Waals surface area contributed by atoms with Gasteiger partial charge in [-0.1, -0.05) is 18.2 Å². The number of hydrogen-bond acceptors (Lipinski definition) is 10. The fourth-order valence-corrected chi connectivity index (χ4v) is 4.69. The van der Waals surface area contributed by atoms with Crippen LogP contribution in [0.25, 0.3) is 26.9 Å². The van der Waals surface area contributed by atoms with Crippen LogP contribution in [0.15, 0.2) is 73.1 Å². The molecule has 4 aromatic carbocycles. The molecule has 6 aromatic rings. The largest absolute Gasteiger partial charge is 0.514 e. The van der Waals surface area contributed by atoms with Crippen LogP contribution in [-0.4, -0.2) is 48.4 Å². The summed E-state index contributed by atoms with van der Waals surface area (Å²) < 4.78 is 66.4. The van der Waals surface area contributed by atoms with Gasteiger partial charge in [0.1, 0.15) is 27.9 Å². The summed E-state index contributed by atoms with van der Waals surface area (Å²) >= 11 is 5.79. The number of phenols is 1. The second kappa shape index (κ2) is 14.8. The molecule has 2 aromatic heterocycles. The molecule has 11 nitrogen and oxygen atoms in total. The number of aromatic nitrogens is 4. The predicted molar refractivity (Wildman–Crippen MR) is 178 cm³/mol. The van der Waals surface area contributed by atoms with Crippen molar-refractivity contribution in [3.63, 3.8) is 0 Å². The zero-order valence-corrected chi connectivity index (χ0v) is 27.8. The number of halogens is 5. The third-order valence-corrected chi connectivity index (χ3v) is 7.03. The van der Waals surface area contributed by atoms with Crippen LogP contribution in [0, 0.1) is 29.8 Å². The van der Waals surface area contributed by atoms with Crippen LogP contribution < -0.4 is 4.74 Å². The van der Waals surface area contributed by atoms with Crippen LogP contribution >= 0.6 is 11.6 Å². The fourth-order valence-electron chi connectivity index (χ4n) is 4.55. The van der Waals surface area contributed by atoms with Crippen molar-refractivity contribution in [2.24, 2.45) is 0 Å². The number of phenolic OH excluding ortho intramolecular Hbond substituents is 1. The van der Waals surface area contributed by atoms with E-state index in [0.29, 0.717) is 11.0 Å². The molecule has 0 aliphatic heterocycles. The van der Waals surface area contributed by atoms with Gasteiger partial charge >= 0.3 is 6.16 Å². The van der Waals surface area contributed by atoms with Crippen molar-refractivity contribution in [2.75, 3.05) is 0 Å². The van der Waals surface area contributed by atoms with Crippen molar-refractivity contribution < 1.29 is 46.5 Å². The van der Waals surface area contributed by atoms with E-state index < -0.39 is 69.2 Å². The quantitative estimate of drug-likeness (QED) is 0.0602. The van der Waals surface area contributed by atoms with Crippen LogP contribution in [0.3, 0.4) is 0 Å². The van der Waals surface area contributed by atoms with Crippen molar-refractivity contribution in [3.8, 4) is 11.5 Å². The zero-order valence-electron chi connectivity index (χ0n) is 27.0. The van der Waals surface area contributed by atoms with E-state index in [1.54, 1.807) is 20.8 Å². The maximum absolute atomic E-state index is 14.8. The average Bonchev–Trinajstić information content (AvgIpc) is 3.09. The van der Waals surface area contributed by atoms with Gasteiger partial charge in [0.2, 0.25) is 0 Å². The summed E-state index contributed by atoms with van der Waals surface area (Å²) in [5, 5.41) is 9.41. The summed E-state index contributed by atoms with van der Waals surface area (Å²) in [6.07, 6.45) is 1.44. The Labute approximate surface area is 296 Å². The molecule has 16 heteroatoms. The Bertz CT molecular complexity index is 2470. The minimum atomic E-state index is -1.32. The van der Waals surface area contributed by atoms with Crippen molar-refractivity contribution in [3.05, 3.63) is 135 Å². The van der Waals surface area contributed by atoms with E-state index in [2.05, 4.69) is 24.8 Å². The number of fused-ring (bicyclic) bond motifs is 2. The Morgan fingerprint density at radius 1 is 0.750 bits per heavy atom. The Morgan fingerprint density at radius 2 is 1.29 bits per heavy atom. The number of aromatic hydroxyl groups is 1. The molecular weight excluding hydrogens is 710 g/mol. The molecule has 0 saturated heterocycles. The molecule has 0 fully saturated rings. The van der Waals surface area contributed by atoms with Crippen molar-refractivity contribution in [1.29, 1.82) is 0 Å². The molecule has 0 bridgehead atoms. The van der Waals surface area contributed by atoms with E-state index in [9.17, 15) is 37.1 Å². The number of rotatable bonds is 5. The number of carbonyl (C=O) groups is 3. The number of ether oxygens (including phenoxy) is 2. The molecule has 0 aliphatic rings. The minimum Gasteiger partial charge on any atom is -0.505 e. The summed E-state index contributed by atoms with van der Waals surface area (Å²) in [5.41, 5.74) is -1.24. The summed E-state index contributed by atoms with van der Waals surface area (Å²) in [5.74, 6) is -8.14. The first-order valence-electron chi connectivity index (χ1n) is 14.8. The molecule has 0 amide bonds. The van der Waals surface area contributed by atoms with Gasteiger partial charge in [0.05, 0.1) is 34.6 Å². The van der Waals surface area contributed by atoms with E-state index >= 15 is 0 Å². The highest BCUT2D eigenvalue weighted by atomic mass is 35.5. The molecule has 2 heterocycles. The fraction of sp³-hybridized carbons (Fsp3) is 0.111. The normalized spacial score (nSPS) is 11.0. The Kier molecular flexibility index (Phi) is 10.4. The number of carbonyl (C=O) groups excluding carboxylic acids is 3. The van der Waals surface area contributed by atoms with Crippen molar-refractivity contribution in [2.45, 2.75) is 26.4 Å². The molecule has 0 aliphatic carbocycles. The maximum atomic E-state index is 14.8. The predicted octanol–water partition coefficient (Wildman–Crippen LogP) is 8.50. The topological polar surface area (TPSA) is 146 Å². The van der Waals surface area contributed by atoms with Gasteiger partial charge in [0, 0.05) is 17.2 Å². The first-order chi connectivity index (χ1) is 24.6. The lowest BCUT2D eigenvalue weighted by Crippen LogP contribution is -2.26. The number of ketones is 2. The smallest absolute Gasteiger partial charge is 0.505 e. The highest BCUT2D eigenvalue weighted by Crippen LogP contribution is 2.28. The highest BCUT2D eigenvalue weighted by Gasteiger charge is 2.26. The Hall–Kier alpha value is -6.53. The number of hydrogen-bond donors (Lipinski definition) is 1. The summed E-state index contributed by atoms with van der Waals surface area (Å²) in [6, 6.07) is 11.6. The Balaban J connectivity index is 0.000000206. The van der Waals surface area contributed by atoms with E-state index in [1.165, 1.54) is 48.8 Å². The SMILES string of the molecule is CC(C)(C)OC(=O)Oc1ccc(F)c(C(=O)c2ccc3ncc(Cl)nc3c2)c1F.[C-]#[N+]c1cnc2ccc(C(=O)c3c(F)ccc(O)c3F)cc2n1. The van der Waals surface area contributed by atoms with Crippen LogP contribution in [0.1, 0.15) is 52.6 Å². The molecule has 0 spiro atoms. The van der Waals surface area contributed by atoms with Gasteiger partial charge in [-0.25, -0.2) is 27.3 Å². The average molecular weight is 732 g/mol. The minimum absolute atomic E-state index is 0.0302. The van der Waals surface area contributed by atoms with Gasteiger partial charge in [0.15, 0.2) is 40.2 Å². The molecule has 0 radical (unpaired) electrons. The van der Waals surface area contributed by atoms with Crippen LogP contribution in [-0.2, 0) is 4.74 Å². The molecule has 0 atom stereocenters. The molecule has 262 valence electrons. The lowest BCUT2D eigenvalue weighted by molar-refractivity contribution is 0.0197. The third kappa shape index (κ3) is 8.09. The summed E-state index contributed by atoms with van der Waals surface area (Å²) in [6.45, 7) is 11.7. The lowest BCUT2D eigenvalue weighted by atomic mass is 10.0. The molecular formula is C36H22ClF4N5O6. The van der Waals surface area contributed by atoms with Crippen molar-refractivity contribution in [1.82, 2.24) is 19.9 Å². The van der Waals surface area contributed by atoms with Gasteiger partial charge in [0.25, 0.3) is 5.82 Å². The van der Waals surface area contributed by atoms with Crippen LogP contribution in [0.5, 0.6) is 11.5 Å². The second-order valence-electron chi connectivity index (χ2n) is 11.7. The third-order valence-electron chi connectivity index (χ3n) is 6.84. The maximum Gasteiger partial charge on any atom is 0.514 e. The van der Waals surface area contributed by atoms with Crippen LogP contribution in [0.2, 0.25) is 5.15 Å². The molecule has 6 rings (SSSR count). The van der Waals surface area contributed by atoms with Gasteiger partial charge in [-0.3, -0.25) is 19.6 Å². The van der Waals surface area contributed by atoms with Gasteiger partial charge in [-0.2, -0.15) is 0 Å². The van der Waals surface area contributed by atoms with Gasteiger partial charge in [-0.15, -0.1) is 4.98 Å². The number of nitrogens with zero attached hydrogens (tertiary/aromatic N) is 5. The standard InChI is InChI=1S/C20H15ClF2N2O4.C16H7F2N3O2/c1-20(2,3)29-19(27)28-14-7-5-11(22)16(17(14)23)18(26)10-4-6-12-13(8-10)25-15(21)9-24-12;1-19-13-7-20-10-4-2-8(6-11(10)21-13)16(23)14-9(17)3-5-12(22)15(14)18/h4-9H,1-3H3;2-7,22H.